The van der Waals surface area contributed by atoms with Gasteiger partial charge in [0.2, 0.25) is 5.91 Å². The van der Waals surface area contributed by atoms with Crippen LogP contribution in [0.1, 0.15) is 31.7 Å². The molecule has 1 aromatic carbocycles. The molecule has 0 saturated heterocycles. The summed E-state index contributed by atoms with van der Waals surface area (Å²) in [7, 11) is 0. The van der Waals surface area contributed by atoms with Gasteiger partial charge in [-0.2, -0.15) is 0 Å². The van der Waals surface area contributed by atoms with Crippen molar-refractivity contribution in [2.24, 2.45) is 0 Å². The van der Waals surface area contributed by atoms with Crippen molar-refractivity contribution >= 4 is 5.91 Å². The maximum Gasteiger partial charge on any atom is 0.220 e. The van der Waals surface area contributed by atoms with E-state index in [4.69, 9.17) is 0 Å². The Hall–Kier alpha value is -1.38. The van der Waals surface area contributed by atoms with Crippen molar-refractivity contribution in [1.29, 1.82) is 0 Å². The minimum atomic E-state index is -0.218. The highest BCUT2D eigenvalue weighted by atomic mass is 19.1. The van der Waals surface area contributed by atoms with Crippen molar-refractivity contribution < 1.29 is 9.18 Å². The first kappa shape index (κ1) is 12.7. The molecule has 0 aliphatic carbocycles. The third-order valence-corrected chi connectivity index (χ3v) is 2.35. The number of carbonyl (C=O) groups excluding carboxylic acids is 1. The molecule has 1 aromatic rings. The van der Waals surface area contributed by atoms with Crippen LogP contribution in [0.2, 0.25) is 0 Å². The van der Waals surface area contributed by atoms with Crippen LogP contribution in [-0.2, 0) is 11.2 Å². The van der Waals surface area contributed by atoms with Gasteiger partial charge >= 0.3 is 0 Å². The van der Waals surface area contributed by atoms with E-state index in [1.54, 1.807) is 12.1 Å². The van der Waals surface area contributed by atoms with Gasteiger partial charge in [0.05, 0.1) is 0 Å². The first-order chi connectivity index (χ1) is 7.72. The predicted octanol–water partition coefficient (Wildman–Crippen LogP) is 2.67. The minimum absolute atomic E-state index is 0.101. The Bertz CT molecular complexity index is 321. The van der Waals surface area contributed by atoms with Crippen molar-refractivity contribution in [2.75, 3.05) is 6.54 Å². The number of carbonyl (C=O) groups is 1. The van der Waals surface area contributed by atoms with E-state index >= 15 is 0 Å². The largest absolute Gasteiger partial charge is 0.356 e. The normalized spacial score (nSPS) is 10.1. The number of amides is 1. The molecule has 0 aliphatic rings. The van der Waals surface area contributed by atoms with Gasteiger partial charge in [-0.3, -0.25) is 4.79 Å². The SMILES string of the molecule is CCCNC(=O)CCCc1ccc(F)cc1. The van der Waals surface area contributed by atoms with Crippen LogP contribution >= 0.6 is 0 Å². The van der Waals surface area contributed by atoms with E-state index in [0.29, 0.717) is 6.42 Å². The van der Waals surface area contributed by atoms with Crippen LogP contribution in [0.4, 0.5) is 4.39 Å². The Balaban J connectivity index is 2.20. The average molecular weight is 223 g/mol. The Labute approximate surface area is 95.9 Å². The van der Waals surface area contributed by atoms with Gasteiger partial charge in [-0.05, 0) is 37.0 Å². The molecule has 0 radical (unpaired) electrons. The van der Waals surface area contributed by atoms with Crippen LogP contribution < -0.4 is 5.32 Å². The van der Waals surface area contributed by atoms with Crippen molar-refractivity contribution in [3.63, 3.8) is 0 Å². The average Bonchev–Trinajstić information content (AvgIpc) is 2.29. The Kier molecular flexibility index (Phi) is 5.54. The molecule has 1 rings (SSSR count). The number of benzene rings is 1. The molecule has 2 nitrogen and oxygen atoms in total. The van der Waals surface area contributed by atoms with E-state index in [0.717, 1.165) is 31.4 Å². The second kappa shape index (κ2) is 6.99. The molecule has 3 heteroatoms. The molecular weight excluding hydrogens is 205 g/mol. The van der Waals surface area contributed by atoms with Crippen LogP contribution in [-0.4, -0.2) is 12.5 Å². The van der Waals surface area contributed by atoms with Gasteiger partial charge in [0.15, 0.2) is 0 Å². The summed E-state index contributed by atoms with van der Waals surface area (Å²) in [6.07, 6.45) is 3.13. The van der Waals surface area contributed by atoms with Crippen LogP contribution in [0.5, 0.6) is 0 Å². The zero-order valence-electron chi connectivity index (χ0n) is 9.63. The van der Waals surface area contributed by atoms with Crippen LogP contribution in [0.25, 0.3) is 0 Å². The number of halogens is 1. The topological polar surface area (TPSA) is 29.1 Å². The van der Waals surface area contributed by atoms with Crippen molar-refractivity contribution in [3.8, 4) is 0 Å². The lowest BCUT2D eigenvalue weighted by atomic mass is 10.1. The van der Waals surface area contributed by atoms with Gasteiger partial charge < -0.3 is 5.32 Å². The molecule has 1 amide bonds. The van der Waals surface area contributed by atoms with Gasteiger partial charge in [0, 0.05) is 13.0 Å². The number of hydrogen-bond acceptors (Lipinski definition) is 1. The second-order valence-electron chi connectivity index (χ2n) is 3.83. The van der Waals surface area contributed by atoms with Crippen LogP contribution in [0.15, 0.2) is 24.3 Å². The van der Waals surface area contributed by atoms with E-state index in [-0.39, 0.29) is 11.7 Å². The summed E-state index contributed by atoms with van der Waals surface area (Å²) >= 11 is 0. The maximum absolute atomic E-state index is 12.6. The molecule has 88 valence electrons. The Morgan fingerprint density at radius 1 is 1.31 bits per heavy atom. The van der Waals surface area contributed by atoms with E-state index in [2.05, 4.69) is 5.32 Å². The van der Waals surface area contributed by atoms with Crippen molar-refractivity contribution in [3.05, 3.63) is 35.6 Å². The highest BCUT2D eigenvalue weighted by molar-refractivity contribution is 5.75. The van der Waals surface area contributed by atoms with Crippen LogP contribution in [0.3, 0.4) is 0 Å². The molecule has 0 atom stereocenters. The van der Waals surface area contributed by atoms with Crippen molar-refractivity contribution in [1.82, 2.24) is 5.32 Å². The number of nitrogens with one attached hydrogen (secondary N) is 1. The third-order valence-electron chi connectivity index (χ3n) is 2.35. The number of aryl methyl sites for hydroxylation is 1. The van der Waals surface area contributed by atoms with Gasteiger partial charge in [0.1, 0.15) is 5.82 Å². The van der Waals surface area contributed by atoms with E-state index in [1.165, 1.54) is 12.1 Å². The van der Waals surface area contributed by atoms with E-state index in [9.17, 15) is 9.18 Å². The third kappa shape index (κ3) is 4.91. The highest BCUT2D eigenvalue weighted by Gasteiger charge is 2.00. The summed E-state index contributed by atoms with van der Waals surface area (Å²) < 4.78 is 12.6. The molecule has 0 fully saturated rings. The monoisotopic (exact) mass is 223 g/mol. The lowest BCUT2D eigenvalue weighted by molar-refractivity contribution is -0.121. The fourth-order valence-corrected chi connectivity index (χ4v) is 1.46. The Morgan fingerprint density at radius 2 is 2.00 bits per heavy atom. The quantitative estimate of drug-likeness (QED) is 0.789. The summed E-state index contributed by atoms with van der Waals surface area (Å²) in [6.45, 7) is 2.77. The zero-order valence-corrected chi connectivity index (χ0v) is 9.63. The summed E-state index contributed by atoms with van der Waals surface area (Å²) in [5, 5.41) is 2.83. The molecule has 0 bridgehead atoms. The van der Waals surface area contributed by atoms with Gasteiger partial charge in [0.25, 0.3) is 0 Å². The van der Waals surface area contributed by atoms with Gasteiger partial charge in [-0.25, -0.2) is 4.39 Å². The lowest BCUT2D eigenvalue weighted by Gasteiger charge is -2.03. The molecule has 0 aromatic heterocycles. The van der Waals surface area contributed by atoms with E-state index in [1.807, 2.05) is 6.92 Å². The standard InChI is InChI=1S/C13H18FNO/c1-2-10-15-13(16)5-3-4-11-6-8-12(14)9-7-11/h6-9H,2-5,10H2,1H3,(H,15,16). The molecular formula is C13H18FNO. The molecule has 1 N–H and O–H groups in total. The molecule has 16 heavy (non-hydrogen) atoms. The molecule has 0 heterocycles. The predicted molar refractivity (Wildman–Crippen MR) is 62.6 cm³/mol. The fourth-order valence-electron chi connectivity index (χ4n) is 1.46. The highest BCUT2D eigenvalue weighted by Crippen LogP contribution is 2.06. The number of rotatable bonds is 6. The Morgan fingerprint density at radius 3 is 2.62 bits per heavy atom. The zero-order chi connectivity index (χ0) is 11.8. The van der Waals surface area contributed by atoms with Gasteiger partial charge in [-0.15, -0.1) is 0 Å². The maximum atomic E-state index is 12.6. The first-order valence-electron chi connectivity index (χ1n) is 5.73. The molecule has 0 aliphatic heterocycles. The lowest BCUT2D eigenvalue weighted by Crippen LogP contribution is -2.23. The fraction of sp³-hybridized carbons (Fsp3) is 0.462. The summed E-state index contributed by atoms with van der Waals surface area (Å²) in [5.41, 5.74) is 1.07. The summed E-state index contributed by atoms with van der Waals surface area (Å²) in [4.78, 5) is 11.3. The van der Waals surface area contributed by atoms with Gasteiger partial charge in [-0.1, -0.05) is 19.1 Å². The molecule has 0 saturated carbocycles. The van der Waals surface area contributed by atoms with E-state index < -0.39 is 0 Å². The number of hydrogen-bond donors (Lipinski definition) is 1. The summed E-state index contributed by atoms with van der Waals surface area (Å²) in [5.74, 6) is -0.117. The minimum Gasteiger partial charge on any atom is -0.356 e. The summed E-state index contributed by atoms with van der Waals surface area (Å²) in [6, 6.07) is 6.43. The van der Waals surface area contributed by atoms with Crippen molar-refractivity contribution in [2.45, 2.75) is 32.6 Å². The second-order valence-corrected chi connectivity index (χ2v) is 3.83. The van der Waals surface area contributed by atoms with Crippen LogP contribution in [0, 0.1) is 5.82 Å². The smallest absolute Gasteiger partial charge is 0.220 e. The first-order valence-corrected chi connectivity index (χ1v) is 5.73. The molecule has 0 unspecified atom stereocenters. The molecule has 0 spiro atoms.